The Balaban J connectivity index is 1.83. The normalized spacial score (nSPS) is 9.76. The van der Waals surface area contributed by atoms with Crippen molar-refractivity contribution in [2.24, 2.45) is 0 Å². The smallest absolute Gasteiger partial charge is 0.264 e. The number of amides is 2. The molecule has 0 atom stereocenters. The number of ether oxygens (including phenoxy) is 1. The molecule has 108 valence electrons. The second-order valence-corrected chi connectivity index (χ2v) is 4.31. The van der Waals surface area contributed by atoms with Crippen LogP contribution in [-0.4, -0.2) is 25.5 Å². The van der Waals surface area contributed by atoms with Gasteiger partial charge >= 0.3 is 0 Å². The highest BCUT2D eigenvalue weighted by molar-refractivity contribution is 6.05. The summed E-state index contributed by atoms with van der Waals surface area (Å²) in [4.78, 5) is 23.4. The van der Waals surface area contributed by atoms with Crippen molar-refractivity contribution in [1.29, 1.82) is 0 Å². The molecular weight excluding hydrogens is 268 g/mol. The van der Waals surface area contributed by atoms with Crippen LogP contribution in [-0.2, 0) is 4.79 Å². The number of hydrogen-bond donors (Lipinski definition) is 2. The number of hydrogen-bond acceptors (Lipinski definition) is 4. The first-order valence-electron chi connectivity index (χ1n) is 6.49. The summed E-state index contributed by atoms with van der Waals surface area (Å²) in [7, 11) is 1.82. The average Bonchev–Trinajstić information content (AvgIpc) is 2.54. The molecule has 0 aliphatic carbocycles. The zero-order valence-corrected chi connectivity index (χ0v) is 11.6. The molecule has 0 unspecified atom stereocenters. The third-order valence-corrected chi connectivity index (χ3v) is 2.80. The van der Waals surface area contributed by atoms with Gasteiger partial charge in [-0.2, -0.15) is 0 Å². The van der Waals surface area contributed by atoms with Crippen molar-refractivity contribution < 1.29 is 14.3 Å². The Labute approximate surface area is 122 Å². The van der Waals surface area contributed by atoms with Crippen LogP contribution in [0.2, 0.25) is 0 Å². The number of imide groups is 1. The maximum Gasteiger partial charge on any atom is 0.264 e. The monoisotopic (exact) mass is 284 g/mol. The third kappa shape index (κ3) is 4.35. The zero-order valence-electron chi connectivity index (χ0n) is 11.6. The van der Waals surface area contributed by atoms with Crippen molar-refractivity contribution >= 4 is 17.5 Å². The molecule has 5 nitrogen and oxygen atoms in total. The summed E-state index contributed by atoms with van der Waals surface area (Å²) < 4.78 is 5.31. The van der Waals surface area contributed by atoms with Crippen molar-refractivity contribution in [3.63, 3.8) is 0 Å². The fraction of sp³-hybridized carbons (Fsp3) is 0.125. The van der Waals surface area contributed by atoms with Crippen LogP contribution in [0, 0.1) is 0 Å². The maximum absolute atomic E-state index is 11.8. The van der Waals surface area contributed by atoms with E-state index in [0.717, 1.165) is 5.69 Å². The van der Waals surface area contributed by atoms with Crippen LogP contribution in [0.3, 0.4) is 0 Å². The molecular formula is C16H16N2O3. The lowest BCUT2D eigenvalue weighted by molar-refractivity contribution is -0.122. The molecule has 0 aliphatic rings. The summed E-state index contributed by atoms with van der Waals surface area (Å²) in [6.45, 7) is -0.211. The standard InChI is InChI=1S/C16H16N2O3/c1-17-13-7-9-14(10-8-13)21-11-15(19)18-16(20)12-5-3-2-4-6-12/h2-10,17H,11H2,1H3,(H,18,19,20). The van der Waals surface area contributed by atoms with Gasteiger partial charge < -0.3 is 10.1 Å². The van der Waals surface area contributed by atoms with E-state index in [4.69, 9.17) is 4.74 Å². The summed E-state index contributed by atoms with van der Waals surface area (Å²) in [5, 5.41) is 5.26. The molecule has 0 heterocycles. The van der Waals surface area contributed by atoms with Crippen LogP contribution in [0.5, 0.6) is 5.75 Å². The van der Waals surface area contributed by atoms with E-state index in [1.807, 2.05) is 19.2 Å². The van der Waals surface area contributed by atoms with Crippen molar-refractivity contribution in [3.05, 3.63) is 60.2 Å². The van der Waals surface area contributed by atoms with Crippen LogP contribution in [0.25, 0.3) is 0 Å². The van der Waals surface area contributed by atoms with Gasteiger partial charge in [-0.1, -0.05) is 18.2 Å². The molecule has 0 spiro atoms. The van der Waals surface area contributed by atoms with Gasteiger partial charge in [0.1, 0.15) is 5.75 Å². The molecule has 2 N–H and O–H groups in total. The maximum atomic E-state index is 11.8. The van der Waals surface area contributed by atoms with E-state index < -0.39 is 11.8 Å². The van der Waals surface area contributed by atoms with E-state index in [2.05, 4.69) is 10.6 Å². The fourth-order valence-corrected chi connectivity index (χ4v) is 1.69. The van der Waals surface area contributed by atoms with Crippen LogP contribution in [0.4, 0.5) is 5.69 Å². The van der Waals surface area contributed by atoms with Gasteiger partial charge in [0.25, 0.3) is 11.8 Å². The third-order valence-electron chi connectivity index (χ3n) is 2.80. The Kier molecular flexibility index (Phi) is 4.93. The molecule has 0 fully saturated rings. The SMILES string of the molecule is CNc1ccc(OCC(=O)NC(=O)c2ccccc2)cc1. The topological polar surface area (TPSA) is 67.4 Å². The molecule has 21 heavy (non-hydrogen) atoms. The predicted octanol–water partition coefficient (Wildman–Crippen LogP) is 2.06. The van der Waals surface area contributed by atoms with Gasteiger partial charge in [-0.25, -0.2) is 0 Å². The van der Waals surface area contributed by atoms with Gasteiger partial charge in [0.2, 0.25) is 0 Å². The zero-order chi connectivity index (χ0) is 15.1. The lowest BCUT2D eigenvalue weighted by Gasteiger charge is -2.07. The van der Waals surface area contributed by atoms with Crippen LogP contribution in [0.15, 0.2) is 54.6 Å². The van der Waals surface area contributed by atoms with E-state index in [1.165, 1.54) is 0 Å². The highest BCUT2D eigenvalue weighted by Crippen LogP contribution is 2.14. The molecule has 2 amide bonds. The number of carbonyl (C=O) groups is 2. The van der Waals surface area contributed by atoms with Crippen molar-refractivity contribution in [2.45, 2.75) is 0 Å². The molecule has 0 aliphatic heterocycles. The van der Waals surface area contributed by atoms with Gasteiger partial charge in [-0.05, 0) is 36.4 Å². The lowest BCUT2D eigenvalue weighted by Crippen LogP contribution is -2.34. The number of carbonyl (C=O) groups excluding carboxylic acids is 2. The molecule has 5 heteroatoms. The first kappa shape index (κ1) is 14.6. The van der Waals surface area contributed by atoms with E-state index in [-0.39, 0.29) is 6.61 Å². The van der Waals surface area contributed by atoms with E-state index >= 15 is 0 Å². The number of nitrogens with one attached hydrogen (secondary N) is 2. The van der Waals surface area contributed by atoms with E-state index in [0.29, 0.717) is 11.3 Å². The Morgan fingerprint density at radius 3 is 2.29 bits per heavy atom. The highest BCUT2D eigenvalue weighted by atomic mass is 16.5. The minimum absolute atomic E-state index is 0.211. The van der Waals surface area contributed by atoms with Crippen LogP contribution < -0.4 is 15.4 Å². The van der Waals surface area contributed by atoms with Gasteiger partial charge in [0, 0.05) is 18.3 Å². The summed E-state index contributed by atoms with van der Waals surface area (Å²) in [6, 6.07) is 15.7. The van der Waals surface area contributed by atoms with Crippen molar-refractivity contribution in [1.82, 2.24) is 5.32 Å². The van der Waals surface area contributed by atoms with Gasteiger partial charge in [-0.15, -0.1) is 0 Å². The average molecular weight is 284 g/mol. The summed E-state index contributed by atoms with van der Waals surface area (Å²) >= 11 is 0. The molecule has 0 radical (unpaired) electrons. The largest absolute Gasteiger partial charge is 0.484 e. The Hall–Kier alpha value is -2.82. The number of benzene rings is 2. The van der Waals surface area contributed by atoms with Gasteiger partial charge in [0.05, 0.1) is 0 Å². The predicted molar refractivity (Wildman–Crippen MR) is 80.4 cm³/mol. The van der Waals surface area contributed by atoms with Crippen LogP contribution in [0.1, 0.15) is 10.4 Å². The molecule has 0 saturated heterocycles. The Bertz CT molecular complexity index is 609. The molecule has 2 aromatic carbocycles. The summed E-state index contributed by atoms with van der Waals surface area (Å²) in [6.07, 6.45) is 0. The van der Waals surface area contributed by atoms with Crippen molar-refractivity contribution in [3.8, 4) is 5.75 Å². The lowest BCUT2D eigenvalue weighted by atomic mass is 10.2. The Morgan fingerprint density at radius 1 is 1.00 bits per heavy atom. The molecule has 2 rings (SSSR count). The van der Waals surface area contributed by atoms with Crippen molar-refractivity contribution in [2.75, 3.05) is 19.0 Å². The van der Waals surface area contributed by atoms with E-state index in [9.17, 15) is 9.59 Å². The molecule has 0 bridgehead atoms. The van der Waals surface area contributed by atoms with E-state index in [1.54, 1.807) is 42.5 Å². The van der Waals surface area contributed by atoms with Gasteiger partial charge in [0.15, 0.2) is 6.61 Å². The summed E-state index contributed by atoms with van der Waals surface area (Å²) in [5.41, 5.74) is 1.38. The second kappa shape index (κ2) is 7.09. The second-order valence-electron chi connectivity index (χ2n) is 4.31. The number of anilines is 1. The van der Waals surface area contributed by atoms with Gasteiger partial charge in [-0.3, -0.25) is 14.9 Å². The Morgan fingerprint density at radius 2 is 1.67 bits per heavy atom. The summed E-state index contributed by atoms with van der Waals surface area (Å²) in [5.74, 6) is -0.354. The molecule has 2 aromatic rings. The number of rotatable bonds is 5. The highest BCUT2D eigenvalue weighted by Gasteiger charge is 2.10. The molecule has 0 saturated carbocycles. The first-order valence-corrected chi connectivity index (χ1v) is 6.49. The first-order chi connectivity index (χ1) is 10.2. The van der Waals surface area contributed by atoms with Crippen LogP contribution >= 0.6 is 0 Å². The minimum Gasteiger partial charge on any atom is -0.484 e. The quantitative estimate of drug-likeness (QED) is 0.882. The fourth-order valence-electron chi connectivity index (χ4n) is 1.69. The minimum atomic E-state index is -0.485. The molecule has 0 aromatic heterocycles.